The maximum absolute atomic E-state index is 11.9. The lowest BCUT2D eigenvalue weighted by atomic mass is 10.3. The molecule has 3 rings (SSSR count). The first kappa shape index (κ1) is 13.4. The van der Waals surface area contributed by atoms with Crippen molar-refractivity contribution >= 4 is 11.6 Å². The van der Waals surface area contributed by atoms with E-state index < -0.39 is 0 Å². The lowest BCUT2D eigenvalue weighted by molar-refractivity contribution is 0.0948. The van der Waals surface area contributed by atoms with Crippen molar-refractivity contribution in [2.24, 2.45) is 7.05 Å². The van der Waals surface area contributed by atoms with Crippen LogP contribution >= 0.6 is 0 Å². The van der Waals surface area contributed by atoms with Gasteiger partial charge in [-0.2, -0.15) is 5.10 Å². The molecule has 0 aromatic carbocycles. The fourth-order valence-corrected chi connectivity index (χ4v) is 2.25. The zero-order valence-corrected chi connectivity index (χ0v) is 12.1. The van der Waals surface area contributed by atoms with Gasteiger partial charge in [0, 0.05) is 38.1 Å². The van der Waals surface area contributed by atoms with Crippen molar-refractivity contribution in [3.8, 4) is 0 Å². The molecule has 0 saturated heterocycles. The minimum absolute atomic E-state index is 0.157. The summed E-state index contributed by atoms with van der Waals surface area (Å²) in [5.41, 5.74) is 3.47. The van der Waals surface area contributed by atoms with Crippen LogP contribution in [0.2, 0.25) is 0 Å². The van der Waals surface area contributed by atoms with Crippen molar-refractivity contribution in [3.63, 3.8) is 0 Å². The molecule has 3 heterocycles. The molecule has 0 spiro atoms. The molecule has 0 unspecified atom stereocenters. The van der Waals surface area contributed by atoms with Gasteiger partial charge in [0.05, 0.1) is 5.69 Å². The molecule has 1 N–H and O–H groups in total. The standard InChI is InChI=1S/C15H17N5O/c1-11-4-3-5-14-17-12(10-20(11)14)6-8-16-15(21)13-7-9-19(2)18-13/h3-5,7,9-10H,6,8H2,1-2H3,(H,16,21). The van der Waals surface area contributed by atoms with Crippen molar-refractivity contribution in [1.82, 2.24) is 24.5 Å². The van der Waals surface area contributed by atoms with E-state index in [1.807, 2.05) is 31.3 Å². The second kappa shape index (κ2) is 5.40. The van der Waals surface area contributed by atoms with Crippen LogP contribution in [0.3, 0.4) is 0 Å². The lowest BCUT2D eigenvalue weighted by Gasteiger charge is -2.00. The van der Waals surface area contributed by atoms with Gasteiger partial charge < -0.3 is 9.72 Å². The Hall–Kier alpha value is -2.63. The first-order valence-corrected chi connectivity index (χ1v) is 6.85. The maximum atomic E-state index is 11.9. The van der Waals surface area contributed by atoms with E-state index in [1.165, 1.54) is 0 Å². The molecule has 0 radical (unpaired) electrons. The van der Waals surface area contributed by atoms with E-state index in [1.54, 1.807) is 24.0 Å². The second-order valence-electron chi connectivity index (χ2n) is 5.01. The number of aromatic nitrogens is 4. The van der Waals surface area contributed by atoms with Crippen LogP contribution in [0.15, 0.2) is 36.7 Å². The largest absolute Gasteiger partial charge is 0.350 e. The van der Waals surface area contributed by atoms with Gasteiger partial charge in [-0.05, 0) is 25.1 Å². The molecule has 1 amide bonds. The van der Waals surface area contributed by atoms with Crippen molar-refractivity contribution in [3.05, 3.63) is 53.7 Å². The summed E-state index contributed by atoms with van der Waals surface area (Å²) in [6.07, 6.45) is 4.46. The van der Waals surface area contributed by atoms with Gasteiger partial charge in [-0.1, -0.05) is 6.07 Å². The molecule has 3 aromatic rings. The Bertz CT molecular complexity index is 786. The summed E-state index contributed by atoms with van der Waals surface area (Å²) in [7, 11) is 1.79. The number of imidazole rings is 1. The van der Waals surface area contributed by atoms with Crippen LogP contribution in [-0.4, -0.2) is 31.6 Å². The summed E-state index contributed by atoms with van der Waals surface area (Å²) >= 11 is 0. The molecule has 0 aliphatic heterocycles. The van der Waals surface area contributed by atoms with E-state index in [0.717, 1.165) is 17.0 Å². The smallest absolute Gasteiger partial charge is 0.271 e. The normalized spacial score (nSPS) is 11.0. The summed E-state index contributed by atoms with van der Waals surface area (Å²) in [5, 5.41) is 6.92. The minimum atomic E-state index is -0.157. The highest BCUT2D eigenvalue weighted by Crippen LogP contribution is 2.08. The topological polar surface area (TPSA) is 64.2 Å². The predicted molar refractivity (Wildman–Crippen MR) is 79.2 cm³/mol. The van der Waals surface area contributed by atoms with Gasteiger partial charge in [0.2, 0.25) is 0 Å². The number of fused-ring (bicyclic) bond motifs is 1. The maximum Gasteiger partial charge on any atom is 0.271 e. The first-order valence-electron chi connectivity index (χ1n) is 6.85. The average Bonchev–Trinajstić information content (AvgIpc) is 3.05. The number of pyridine rings is 1. The monoisotopic (exact) mass is 283 g/mol. The summed E-state index contributed by atoms with van der Waals surface area (Å²) in [4.78, 5) is 16.4. The third-order valence-electron chi connectivity index (χ3n) is 3.36. The third kappa shape index (κ3) is 2.79. The van der Waals surface area contributed by atoms with Crippen molar-refractivity contribution < 1.29 is 4.79 Å². The van der Waals surface area contributed by atoms with Gasteiger partial charge in [-0.3, -0.25) is 9.48 Å². The van der Waals surface area contributed by atoms with Crippen LogP contribution in [0, 0.1) is 6.92 Å². The SMILES string of the molecule is Cc1cccc2nc(CCNC(=O)c3ccn(C)n3)cn12. The highest BCUT2D eigenvalue weighted by atomic mass is 16.1. The summed E-state index contributed by atoms with van der Waals surface area (Å²) < 4.78 is 3.66. The molecule has 6 nitrogen and oxygen atoms in total. The van der Waals surface area contributed by atoms with Gasteiger partial charge in [-0.25, -0.2) is 4.98 Å². The highest BCUT2D eigenvalue weighted by molar-refractivity contribution is 5.92. The fraction of sp³-hybridized carbons (Fsp3) is 0.267. The van der Waals surface area contributed by atoms with Crippen LogP contribution in [0.25, 0.3) is 5.65 Å². The molecule has 0 saturated carbocycles. The molecule has 0 atom stereocenters. The Kier molecular flexibility index (Phi) is 3.43. The number of rotatable bonds is 4. The van der Waals surface area contributed by atoms with Crippen molar-refractivity contribution in [2.45, 2.75) is 13.3 Å². The van der Waals surface area contributed by atoms with Crippen molar-refractivity contribution in [2.75, 3.05) is 6.54 Å². The summed E-state index contributed by atoms with van der Waals surface area (Å²) in [6, 6.07) is 7.71. The zero-order valence-electron chi connectivity index (χ0n) is 12.1. The van der Waals surface area contributed by atoms with Crippen molar-refractivity contribution in [1.29, 1.82) is 0 Å². The molecule has 0 bridgehead atoms. The quantitative estimate of drug-likeness (QED) is 0.786. The Morgan fingerprint density at radius 1 is 1.33 bits per heavy atom. The molecule has 3 aromatic heterocycles. The molecule has 0 aliphatic rings. The molecule has 0 aliphatic carbocycles. The van der Waals surface area contributed by atoms with Gasteiger partial charge in [0.1, 0.15) is 11.3 Å². The van der Waals surface area contributed by atoms with Gasteiger partial charge in [-0.15, -0.1) is 0 Å². The molecular weight excluding hydrogens is 266 g/mol. The molecular formula is C15H17N5O. The number of hydrogen-bond donors (Lipinski definition) is 1. The fourth-order valence-electron chi connectivity index (χ4n) is 2.25. The third-order valence-corrected chi connectivity index (χ3v) is 3.36. The van der Waals surface area contributed by atoms with Gasteiger partial charge >= 0.3 is 0 Å². The molecule has 6 heteroatoms. The van der Waals surface area contributed by atoms with Crippen LogP contribution < -0.4 is 5.32 Å². The molecule has 21 heavy (non-hydrogen) atoms. The molecule has 0 fully saturated rings. The number of aryl methyl sites for hydroxylation is 2. The lowest BCUT2D eigenvalue weighted by Crippen LogP contribution is -2.26. The molecule has 108 valence electrons. The van der Waals surface area contributed by atoms with Gasteiger partial charge in [0.25, 0.3) is 5.91 Å². The Balaban J connectivity index is 1.62. The minimum Gasteiger partial charge on any atom is -0.350 e. The second-order valence-corrected chi connectivity index (χ2v) is 5.01. The Morgan fingerprint density at radius 2 is 2.19 bits per heavy atom. The van der Waals surface area contributed by atoms with Crippen LogP contribution in [-0.2, 0) is 13.5 Å². The predicted octanol–water partition coefficient (Wildman–Crippen LogP) is 1.35. The number of carbonyl (C=O) groups excluding carboxylic acids is 1. The van der Waals surface area contributed by atoms with E-state index in [0.29, 0.717) is 18.7 Å². The number of nitrogens with one attached hydrogen (secondary N) is 1. The van der Waals surface area contributed by atoms with Crippen LogP contribution in [0.4, 0.5) is 0 Å². The summed E-state index contributed by atoms with van der Waals surface area (Å²) in [5.74, 6) is -0.157. The van der Waals surface area contributed by atoms with E-state index in [4.69, 9.17) is 0 Å². The Labute approximate surface area is 122 Å². The van der Waals surface area contributed by atoms with E-state index in [2.05, 4.69) is 19.8 Å². The number of amides is 1. The highest BCUT2D eigenvalue weighted by Gasteiger charge is 2.08. The van der Waals surface area contributed by atoms with Crippen LogP contribution in [0.1, 0.15) is 21.9 Å². The van der Waals surface area contributed by atoms with E-state index in [-0.39, 0.29) is 5.91 Å². The zero-order chi connectivity index (χ0) is 14.8. The van der Waals surface area contributed by atoms with Crippen LogP contribution in [0.5, 0.6) is 0 Å². The number of hydrogen-bond acceptors (Lipinski definition) is 3. The van der Waals surface area contributed by atoms with E-state index in [9.17, 15) is 4.79 Å². The first-order chi connectivity index (χ1) is 10.1. The Morgan fingerprint density at radius 3 is 2.90 bits per heavy atom. The number of nitrogens with zero attached hydrogens (tertiary/aromatic N) is 4. The van der Waals surface area contributed by atoms with E-state index >= 15 is 0 Å². The average molecular weight is 283 g/mol. The number of carbonyl (C=O) groups is 1. The summed E-state index contributed by atoms with van der Waals surface area (Å²) in [6.45, 7) is 2.58. The van der Waals surface area contributed by atoms with Gasteiger partial charge in [0.15, 0.2) is 0 Å².